The minimum atomic E-state index is -0.173. The molecular weight excluding hydrogens is 196 g/mol. The minimum absolute atomic E-state index is 0.0858. The third-order valence-electron chi connectivity index (χ3n) is 1.97. The summed E-state index contributed by atoms with van der Waals surface area (Å²) in [6.45, 7) is 7.73. The summed E-state index contributed by atoms with van der Waals surface area (Å²) in [6, 6.07) is -0.173. The van der Waals surface area contributed by atoms with Crippen LogP contribution >= 0.6 is 11.3 Å². The Hall–Kier alpha value is -0.900. The Morgan fingerprint density at radius 2 is 2.21 bits per heavy atom. The summed E-state index contributed by atoms with van der Waals surface area (Å²) < 4.78 is 0. The Morgan fingerprint density at radius 1 is 1.57 bits per heavy atom. The highest BCUT2D eigenvalue weighted by atomic mass is 32.1. The Bertz CT molecular complexity index is 300. The van der Waals surface area contributed by atoms with Crippen molar-refractivity contribution >= 4 is 22.3 Å². The van der Waals surface area contributed by atoms with E-state index in [9.17, 15) is 4.79 Å². The van der Waals surface area contributed by atoms with Crippen molar-refractivity contribution in [2.45, 2.75) is 33.7 Å². The maximum atomic E-state index is 11.4. The van der Waals surface area contributed by atoms with Crippen molar-refractivity contribution in [1.29, 1.82) is 0 Å². The van der Waals surface area contributed by atoms with E-state index in [0.29, 0.717) is 0 Å². The summed E-state index contributed by atoms with van der Waals surface area (Å²) in [6.07, 6.45) is 1.73. The number of carbonyl (C=O) groups excluding carboxylic acids is 1. The van der Waals surface area contributed by atoms with Crippen LogP contribution in [0.4, 0.5) is 5.13 Å². The van der Waals surface area contributed by atoms with Crippen LogP contribution in [0.5, 0.6) is 0 Å². The van der Waals surface area contributed by atoms with Crippen molar-refractivity contribution in [2.75, 3.05) is 5.32 Å². The molecule has 4 heteroatoms. The van der Waals surface area contributed by atoms with E-state index in [-0.39, 0.29) is 17.2 Å². The highest BCUT2D eigenvalue weighted by Crippen LogP contribution is 2.24. The second-order valence-electron chi connectivity index (χ2n) is 4.39. The van der Waals surface area contributed by atoms with Gasteiger partial charge >= 0.3 is 0 Å². The van der Waals surface area contributed by atoms with E-state index in [4.69, 9.17) is 0 Å². The van der Waals surface area contributed by atoms with Crippen molar-refractivity contribution in [3.05, 3.63) is 11.6 Å². The van der Waals surface area contributed by atoms with E-state index in [1.165, 1.54) is 11.3 Å². The summed E-state index contributed by atoms with van der Waals surface area (Å²) in [5.74, 6) is 0.146. The summed E-state index contributed by atoms with van der Waals surface area (Å²) in [7, 11) is 0. The van der Waals surface area contributed by atoms with Gasteiger partial charge in [-0.05, 0) is 12.3 Å². The summed E-state index contributed by atoms with van der Waals surface area (Å²) >= 11 is 1.51. The Balaban J connectivity index is 2.76. The van der Waals surface area contributed by atoms with Crippen LogP contribution < -0.4 is 5.32 Å². The molecule has 0 saturated carbocycles. The van der Waals surface area contributed by atoms with Crippen molar-refractivity contribution in [3.8, 4) is 0 Å². The maximum absolute atomic E-state index is 11.4. The van der Waals surface area contributed by atoms with Gasteiger partial charge < -0.3 is 5.32 Å². The number of carbonyl (C=O) groups is 1. The van der Waals surface area contributed by atoms with Crippen LogP contribution in [0.15, 0.2) is 11.6 Å². The first-order valence-electron chi connectivity index (χ1n) is 4.58. The number of nitrogens with zero attached hydrogens (tertiary/aromatic N) is 1. The smallest absolute Gasteiger partial charge is 0.183 e. The SMILES string of the molecule is CC(=O)C(Nc1nccs1)C(C)(C)C. The lowest BCUT2D eigenvalue weighted by atomic mass is 9.85. The van der Waals surface area contributed by atoms with Crippen molar-refractivity contribution in [1.82, 2.24) is 4.98 Å². The van der Waals surface area contributed by atoms with Gasteiger partial charge in [0.05, 0.1) is 6.04 Å². The highest BCUT2D eigenvalue weighted by Gasteiger charge is 2.28. The zero-order chi connectivity index (χ0) is 10.8. The molecule has 1 rings (SSSR count). The van der Waals surface area contributed by atoms with Gasteiger partial charge in [-0.3, -0.25) is 4.79 Å². The zero-order valence-corrected chi connectivity index (χ0v) is 9.81. The summed E-state index contributed by atoms with van der Waals surface area (Å²) in [5, 5.41) is 5.85. The molecule has 1 atom stereocenters. The normalized spacial score (nSPS) is 13.7. The monoisotopic (exact) mass is 212 g/mol. The molecule has 0 amide bonds. The Labute approximate surface area is 88.6 Å². The molecule has 0 aliphatic heterocycles. The van der Waals surface area contributed by atoms with Gasteiger partial charge in [-0.1, -0.05) is 20.8 Å². The lowest BCUT2D eigenvalue weighted by molar-refractivity contribution is -0.119. The lowest BCUT2D eigenvalue weighted by Crippen LogP contribution is -2.39. The van der Waals surface area contributed by atoms with Gasteiger partial charge in [0.15, 0.2) is 10.9 Å². The summed E-state index contributed by atoms with van der Waals surface area (Å²) in [5.41, 5.74) is -0.0858. The number of ketones is 1. The molecule has 1 aromatic rings. The first-order chi connectivity index (χ1) is 6.41. The molecule has 1 N–H and O–H groups in total. The molecule has 0 aromatic carbocycles. The zero-order valence-electron chi connectivity index (χ0n) is 9.00. The Kier molecular flexibility index (Phi) is 3.26. The molecule has 3 nitrogen and oxygen atoms in total. The molecule has 0 aliphatic rings. The largest absolute Gasteiger partial charge is 0.351 e. The molecular formula is C10H16N2OS. The molecule has 0 radical (unpaired) electrons. The van der Waals surface area contributed by atoms with Crippen LogP contribution in [0.2, 0.25) is 0 Å². The average Bonchev–Trinajstić information content (AvgIpc) is 2.48. The van der Waals surface area contributed by atoms with Gasteiger partial charge in [0, 0.05) is 11.6 Å². The van der Waals surface area contributed by atoms with Crippen LogP contribution in [0.25, 0.3) is 0 Å². The summed E-state index contributed by atoms with van der Waals surface area (Å²) in [4.78, 5) is 15.5. The maximum Gasteiger partial charge on any atom is 0.183 e. The first kappa shape index (κ1) is 11.2. The number of hydrogen-bond acceptors (Lipinski definition) is 4. The topological polar surface area (TPSA) is 42.0 Å². The van der Waals surface area contributed by atoms with Gasteiger partial charge in [0.1, 0.15) is 0 Å². The van der Waals surface area contributed by atoms with Gasteiger partial charge in [-0.25, -0.2) is 4.98 Å². The van der Waals surface area contributed by atoms with Crippen molar-refractivity contribution < 1.29 is 4.79 Å². The highest BCUT2D eigenvalue weighted by molar-refractivity contribution is 7.13. The van der Waals surface area contributed by atoms with Crippen LogP contribution in [0.3, 0.4) is 0 Å². The Morgan fingerprint density at radius 3 is 2.57 bits per heavy atom. The standard InChI is InChI=1S/C10H16N2OS/c1-7(13)8(10(2,3)4)12-9-11-5-6-14-9/h5-6,8H,1-4H3,(H,11,12). The molecule has 0 saturated heterocycles. The van der Waals surface area contributed by atoms with E-state index >= 15 is 0 Å². The van der Waals surface area contributed by atoms with Gasteiger partial charge in [0.2, 0.25) is 0 Å². The van der Waals surface area contributed by atoms with Crippen LogP contribution in [0, 0.1) is 5.41 Å². The first-order valence-corrected chi connectivity index (χ1v) is 5.45. The van der Waals surface area contributed by atoms with Gasteiger partial charge in [-0.2, -0.15) is 0 Å². The second-order valence-corrected chi connectivity index (χ2v) is 5.29. The van der Waals surface area contributed by atoms with Gasteiger partial charge in [-0.15, -0.1) is 11.3 Å². The molecule has 14 heavy (non-hydrogen) atoms. The number of hydrogen-bond donors (Lipinski definition) is 1. The van der Waals surface area contributed by atoms with Crippen molar-refractivity contribution in [2.24, 2.45) is 5.41 Å². The average molecular weight is 212 g/mol. The number of anilines is 1. The third-order valence-corrected chi connectivity index (χ3v) is 2.68. The van der Waals surface area contributed by atoms with E-state index in [2.05, 4.69) is 10.3 Å². The number of Topliss-reactive ketones (excluding diaryl/α,β-unsaturated/α-hetero) is 1. The number of rotatable bonds is 3. The van der Waals surface area contributed by atoms with Crippen LogP contribution in [-0.4, -0.2) is 16.8 Å². The molecule has 0 fully saturated rings. The fourth-order valence-electron chi connectivity index (χ4n) is 1.35. The molecule has 1 unspecified atom stereocenters. The van der Waals surface area contributed by atoms with Crippen LogP contribution in [-0.2, 0) is 4.79 Å². The molecule has 1 heterocycles. The number of nitrogens with one attached hydrogen (secondary N) is 1. The fourth-order valence-corrected chi connectivity index (χ4v) is 1.90. The van der Waals surface area contributed by atoms with Crippen molar-refractivity contribution in [3.63, 3.8) is 0 Å². The van der Waals surface area contributed by atoms with E-state index in [1.54, 1.807) is 13.1 Å². The molecule has 0 bridgehead atoms. The quantitative estimate of drug-likeness (QED) is 0.837. The van der Waals surface area contributed by atoms with E-state index in [0.717, 1.165) is 5.13 Å². The number of thiazole rings is 1. The molecule has 0 aliphatic carbocycles. The van der Waals surface area contributed by atoms with E-state index in [1.807, 2.05) is 26.2 Å². The predicted molar refractivity (Wildman–Crippen MR) is 59.7 cm³/mol. The number of aromatic nitrogens is 1. The molecule has 0 spiro atoms. The third kappa shape index (κ3) is 2.80. The minimum Gasteiger partial charge on any atom is -0.351 e. The van der Waals surface area contributed by atoms with E-state index < -0.39 is 0 Å². The lowest BCUT2D eigenvalue weighted by Gasteiger charge is -2.28. The van der Waals surface area contributed by atoms with Gasteiger partial charge in [0.25, 0.3) is 0 Å². The van der Waals surface area contributed by atoms with Crippen LogP contribution in [0.1, 0.15) is 27.7 Å². The molecule has 1 aromatic heterocycles. The predicted octanol–water partition coefficient (Wildman–Crippen LogP) is 2.56. The second kappa shape index (κ2) is 4.09. The molecule has 78 valence electrons. The fraction of sp³-hybridized carbons (Fsp3) is 0.600.